The van der Waals surface area contributed by atoms with E-state index in [1.54, 1.807) is 12.3 Å². The van der Waals surface area contributed by atoms with E-state index in [0.717, 1.165) is 16.9 Å². The van der Waals surface area contributed by atoms with Crippen LogP contribution in [-0.4, -0.2) is 15.0 Å². The largest absolute Gasteiger partial charge is 0.469 e. The summed E-state index contributed by atoms with van der Waals surface area (Å²) in [5.74, 6) is 0.772. The lowest BCUT2D eigenvalue weighted by Gasteiger charge is -2.07. The Kier molecular flexibility index (Phi) is 5.55. The predicted octanol–water partition coefficient (Wildman–Crippen LogP) is 2.57. The average molecular weight is 309 g/mol. The molecule has 0 bridgehead atoms. The van der Waals surface area contributed by atoms with Crippen LogP contribution in [0.15, 0.2) is 47.1 Å². The molecule has 0 saturated carbocycles. The first-order valence-corrected chi connectivity index (χ1v) is 8.39. The Hall–Kier alpha value is -1.63. The highest BCUT2D eigenvalue weighted by molar-refractivity contribution is 7.88. The summed E-state index contributed by atoms with van der Waals surface area (Å²) < 4.78 is 28.9. The molecule has 0 spiro atoms. The maximum atomic E-state index is 11.8. The second kappa shape index (κ2) is 7.40. The summed E-state index contributed by atoms with van der Waals surface area (Å²) in [5, 5.41) is 0. The van der Waals surface area contributed by atoms with Crippen molar-refractivity contribution in [2.24, 2.45) is 0 Å². The van der Waals surface area contributed by atoms with Gasteiger partial charge in [-0.1, -0.05) is 34.7 Å². The second-order valence-electron chi connectivity index (χ2n) is 4.86. The zero-order valence-electron chi connectivity index (χ0n) is 11.9. The minimum Gasteiger partial charge on any atom is -0.469 e. The standard InChI is InChI=1S/C15H19NO4S/c1-13-5-2-6-14(11-13)12-21(17,18)16-20-10-4-8-15-7-3-9-19-15/h2-3,5-7,9,11,16H,4,8,10,12H2,1H3. The van der Waals surface area contributed by atoms with Gasteiger partial charge in [0.2, 0.25) is 10.0 Å². The number of hydrogen-bond donors (Lipinski definition) is 1. The van der Waals surface area contributed by atoms with Gasteiger partial charge in [0.05, 0.1) is 18.6 Å². The lowest BCUT2D eigenvalue weighted by molar-refractivity contribution is 0.0904. The Morgan fingerprint density at radius 2 is 2.10 bits per heavy atom. The number of furan rings is 1. The average Bonchev–Trinajstić information content (AvgIpc) is 2.90. The summed E-state index contributed by atoms with van der Waals surface area (Å²) in [7, 11) is -3.48. The summed E-state index contributed by atoms with van der Waals surface area (Å²) in [6, 6.07) is 11.1. The smallest absolute Gasteiger partial charge is 0.237 e. The van der Waals surface area contributed by atoms with Gasteiger partial charge >= 0.3 is 0 Å². The molecule has 5 nitrogen and oxygen atoms in total. The van der Waals surface area contributed by atoms with E-state index >= 15 is 0 Å². The zero-order valence-corrected chi connectivity index (χ0v) is 12.7. The van der Waals surface area contributed by atoms with Gasteiger partial charge in [0.25, 0.3) is 0 Å². The topological polar surface area (TPSA) is 68.5 Å². The first-order chi connectivity index (χ1) is 10.1. The van der Waals surface area contributed by atoms with Gasteiger partial charge in [0.1, 0.15) is 5.76 Å². The molecule has 1 aromatic carbocycles. The number of nitrogens with one attached hydrogen (secondary N) is 1. The van der Waals surface area contributed by atoms with Crippen LogP contribution in [0.3, 0.4) is 0 Å². The fraction of sp³-hybridized carbons (Fsp3) is 0.333. The van der Waals surface area contributed by atoms with E-state index in [9.17, 15) is 8.42 Å². The molecule has 2 aromatic rings. The van der Waals surface area contributed by atoms with E-state index in [1.807, 2.05) is 37.3 Å². The molecule has 0 atom stereocenters. The van der Waals surface area contributed by atoms with Crippen molar-refractivity contribution in [3.05, 3.63) is 59.5 Å². The Bertz CT molecular complexity index is 650. The first kappa shape index (κ1) is 15.8. The van der Waals surface area contributed by atoms with E-state index in [1.165, 1.54) is 0 Å². The highest BCUT2D eigenvalue weighted by atomic mass is 32.2. The molecule has 1 aromatic heterocycles. The molecule has 1 heterocycles. The lowest BCUT2D eigenvalue weighted by atomic mass is 10.2. The molecule has 2 rings (SSSR count). The molecule has 0 aliphatic carbocycles. The first-order valence-electron chi connectivity index (χ1n) is 6.74. The van der Waals surface area contributed by atoms with Crippen LogP contribution in [0, 0.1) is 6.92 Å². The normalized spacial score (nSPS) is 11.7. The van der Waals surface area contributed by atoms with Crippen LogP contribution in [0.1, 0.15) is 23.3 Å². The van der Waals surface area contributed by atoms with Crippen LogP contribution in [0.25, 0.3) is 0 Å². The fourth-order valence-electron chi connectivity index (χ4n) is 1.96. The number of sulfonamides is 1. The molecule has 0 amide bonds. The van der Waals surface area contributed by atoms with Gasteiger partial charge in [-0.25, -0.2) is 8.42 Å². The molecular formula is C15H19NO4S. The van der Waals surface area contributed by atoms with Crippen molar-refractivity contribution >= 4 is 10.0 Å². The van der Waals surface area contributed by atoms with Crippen LogP contribution in [0.2, 0.25) is 0 Å². The molecule has 114 valence electrons. The summed E-state index contributed by atoms with van der Waals surface area (Å²) in [4.78, 5) is 7.17. The molecule has 0 fully saturated rings. The Labute approximate surface area is 124 Å². The fourth-order valence-corrected chi connectivity index (χ4v) is 2.90. The molecule has 0 unspecified atom stereocenters. The summed E-state index contributed by atoms with van der Waals surface area (Å²) >= 11 is 0. The highest BCUT2D eigenvalue weighted by Gasteiger charge is 2.11. The maximum Gasteiger partial charge on any atom is 0.237 e. The second-order valence-corrected chi connectivity index (χ2v) is 6.55. The monoisotopic (exact) mass is 309 g/mol. The summed E-state index contributed by atoms with van der Waals surface area (Å²) in [6.45, 7) is 2.22. The molecule has 6 heteroatoms. The molecule has 0 saturated heterocycles. The maximum absolute atomic E-state index is 11.8. The van der Waals surface area contributed by atoms with Gasteiger partial charge in [0, 0.05) is 6.42 Å². The van der Waals surface area contributed by atoms with Gasteiger partial charge in [-0.2, -0.15) is 0 Å². The predicted molar refractivity (Wildman–Crippen MR) is 79.9 cm³/mol. The van der Waals surface area contributed by atoms with Crippen LogP contribution in [-0.2, 0) is 27.0 Å². The van der Waals surface area contributed by atoms with E-state index in [0.29, 0.717) is 19.4 Å². The number of rotatable bonds is 8. The third-order valence-electron chi connectivity index (χ3n) is 2.87. The summed E-state index contributed by atoms with van der Waals surface area (Å²) in [5.41, 5.74) is 1.77. The van der Waals surface area contributed by atoms with Gasteiger partial charge < -0.3 is 4.42 Å². The third kappa shape index (κ3) is 5.71. The molecule has 0 radical (unpaired) electrons. The van der Waals surface area contributed by atoms with Gasteiger partial charge in [-0.05, 0) is 31.0 Å². The highest BCUT2D eigenvalue weighted by Crippen LogP contribution is 2.08. The molecule has 0 aliphatic heterocycles. The molecule has 21 heavy (non-hydrogen) atoms. The minimum absolute atomic E-state index is 0.0904. The van der Waals surface area contributed by atoms with E-state index in [2.05, 4.69) is 4.89 Å². The molecule has 1 N–H and O–H groups in total. The lowest BCUT2D eigenvalue weighted by Crippen LogP contribution is -2.26. The van der Waals surface area contributed by atoms with Crippen molar-refractivity contribution in [1.82, 2.24) is 4.89 Å². The number of benzene rings is 1. The quantitative estimate of drug-likeness (QED) is 0.601. The molecular weight excluding hydrogens is 290 g/mol. The van der Waals surface area contributed by atoms with Crippen molar-refractivity contribution in [3.8, 4) is 0 Å². The third-order valence-corrected chi connectivity index (χ3v) is 3.96. The van der Waals surface area contributed by atoms with E-state index in [4.69, 9.17) is 9.25 Å². The van der Waals surface area contributed by atoms with Crippen LogP contribution >= 0.6 is 0 Å². The summed E-state index contributed by atoms with van der Waals surface area (Å²) in [6.07, 6.45) is 3.01. The van der Waals surface area contributed by atoms with Gasteiger partial charge in [0.15, 0.2) is 0 Å². The van der Waals surface area contributed by atoms with Crippen LogP contribution < -0.4 is 4.89 Å². The Morgan fingerprint density at radius 3 is 2.81 bits per heavy atom. The van der Waals surface area contributed by atoms with Crippen molar-refractivity contribution in [2.75, 3.05) is 6.61 Å². The van der Waals surface area contributed by atoms with Crippen molar-refractivity contribution in [2.45, 2.75) is 25.5 Å². The van der Waals surface area contributed by atoms with E-state index < -0.39 is 10.0 Å². The van der Waals surface area contributed by atoms with Gasteiger partial charge in [-0.15, -0.1) is 0 Å². The van der Waals surface area contributed by atoms with Crippen molar-refractivity contribution in [3.63, 3.8) is 0 Å². The van der Waals surface area contributed by atoms with Crippen molar-refractivity contribution < 1.29 is 17.7 Å². The van der Waals surface area contributed by atoms with Crippen molar-refractivity contribution in [1.29, 1.82) is 0 Å². The number of aryl methyl sites for hydroxylation is 2. The Morgan fingerprint density at radius 1 is 1.24 bits per heavy atom. The number of hydrogen-bond acceptors (Lipinski definition) is 4. The van der Waals surface area contributed by atoms with Crippen LogP contribution in [0.5, 0.6) is 0 Å². The Balaban J connectivity index is 1.71. The van der Waals surface area contributed by atoms with Crippen LogP contribution in [0.4, 0.5) is 0 Å². The van der Waals surface area contributed by atoms with E-state index in [-0.39, 0.29) is 5.75 Å². The SMILES string of the molecule is Cc1cccc(CS(=O)(=O)NOCCCc2ccco2)c1. The van der Waals surface area contributed by atoms with Gasteiger partial charge in [-0.3, -0.25) is 4.84 Å². The molecule has 0 aliphatic rings. The zero-order chi connectivity index (χ0) is 15.1. The minimum atomic E-state index is -3.48.